The van der Waals surface area contributed by atoms with Gasteiger partial charge in [-0.3, -0.25) is 9.69 Å². The molecule has 2 N–H and O–H groups in total. The van der Waals surface area contributed by atoms with Crippen LogP contribution >= 0.6 is 0 Å². The molecular weight excluding hydrogens is 319 g/mol. The Morgan fingerprint density at radius 2 is 1.88 bits per heavy atom. The molecule has 2 aromatic carbocycles. The van der Waals surface area contributed by atoms with Crippen molar-refractivity contribution in [1.29, 1.82) is 0 Å². The Morgan fingerprint density at radius 3 is 2.60 bits per heavy atom. The number of halogens is 1. The molecule has 0 spiro atoms. The summed E-state index contributed by atoms with van der Waals surface area (Å²) < 4.78 is 12.9. The van der Waals surface area contributed by atoms with Crippen LogP contribution in [-0.4, -0.2) is 42.1 Å². The number of hydrogen-bond donors (Lipinski definition) is 2. The summed E-state index contributed by atoms with van der Waals surface area (Å²) in [7, 11) is 0. The van der Waals surface area contributed by atoms with Crippen molar-refractivity contribution in [2.45, 2.75) is 18.4 Å². The number of carbonyl (C=O) groups is 1. The molecule has 0 unspecified atom stereocenters. The molecule has 0 radical (unpaired) electrons. The van der Waals surface area contributed by atoms with Gasteiger partial charge in [0.25, 0.3) is 0 Å². The quantitative estimate of drug-likeness (QED) is 0.845. The van der Waals surface area contributed by atoms with E-state index in [1.54, 1.807) is 12.1 Å². The fourth-order valence-electron chi connectivity index (χ4n) is 3.25. The van der Waals surface area contributed by atoms with Gasteiger partial charge < -0.3 is 10.4 Å². The Morgan fingerprint density at radius 1 is 1.16 bits per heavy atom. The molecule has 1 atom stereocenters. The third kappa shape index (κ3) is 4.65. The monoisotopic (exact) mass is 342 g/mol. The smallest absolute Gasteiger partial charge is 0.234 e. The number of amides is 1. The predicted molar refractivity (Wildman–Crippen MR) is 94.5 cm³/mol. The molecule has 3 rings (SSSR count). The van der Waals surface area contributed by atoms with E-state index in [4.69, 9.17) is 0 Å². The average molecular weight is 342 g/mol. The van der Waals surface area contributed by atoms with Crippen molar-refractivity contribution in [2.75, 3.05) is 26.2 Å². The summed E-state index contributed by atoms with van der Waals surface area (Å²) in [6.07, 6.45) is 1.29. The summed E-state index contributed by atoms with van der Waals surface area (Å²) in [5, 5.41) is 13.7. The number of aliphatic hydroxyl groups is 1. The molecule has 1 aliphatic rings. The van der Waals surface area contributed by atoms with Crippen molar-refractivity contribution in [3.8, 4) is 0 Å². The molecule has 25 heavy (non-hydrogen) atoms. The van der Waals surface area contributed by atoms with E-state index in [1.807, 2.05) is 35.2 Å². The van der Waals surface area contributed by atoms with Gasteiger partial charge in [0.1, 0.15) is 11.4 Å². The molecule has 1 fully saturated rings. The van der Waals surface area contributed by atoms with E-state index in [2.05, 4.69) is 5.32 Å². The van der Waals surface area contributed by atoms with Gasteiger partial charge in [-0.25, -0.2) is 4.39 Å². The molecule has 2 aromatic rings. The normalized spacial score (nSPS) is 20.6. The standard InChI is InChI=1S/C20H23FN2O2/c21-18-8-6-16(7-9-18)10-12-22-19(24)14-23-13-11-20(25,15-23)17-4-2-1-3-5-17/h1-9,25H,10-15H2,(H,22,24)/t20-/m1/s1. The van der Waals surface area contributed by atoms with E-state index in [0.29, 0.717) is 32.5 Å². The highest BCUT2D eigenvalue weighted by molar-refractivity contribution is 5.78. The summed E-state index contributed by atoms with van der Waals surface area (Å²) in [4.78, 5) is 14.1. The lowest BCUT2D eigenvalue weighted by atomic mass is 9.93. The predicted octanol–water partition coefficient (Wildman–Crippen LogP) is 2.08. The van der Waals surface area contributed by atoms with Gasteiger partial charge in [0.15, 0.2) is 0 Å². The third-order valence-corrected chi connectivity index (χ3v) is 4.65. The van der Waals surface area contributed by atoms with E-state index >= 15 is 0 Å². The van der Waals surface area contributed by atoms with Gasteiger partial charge in [-0.2, -0.15) is 0 Å². The lowest BCUT2D eigenvalue weighted by molar-refractivity contribution is -0.122. The molecule has 4 nitrogen and oxygen atoms in total. The van der Waals surface area contributed by atoms with Crippen LogP contribution in [0.5, 0.6) is 0 Å². The number of carbonyl (C=O) groups excluding carboxylic acids is 1. The van der Waals surface area contributed by atoms with Crippen LogP contribution < -0.4 is 5.32 Å². The molecule has 132 valence electrons. The lowest BCUT2D eigenvalue weighted by Crippen LogP contribution is -2.39. The largest absolute Gasteiger partial charge is 0.384 e. The topological polar surface area (TPSA) is 52.6 Å². The van der Waals surface area contributed by atoms with Gasteiger partial charge in [-0.05, 0) is 36.1 Å². The van der Waals surface area contributed by atoms with Gasteiger partial charge in [0, 0.05) is 19.6 Å². The highest BCUT2D eigenvalue weighted by atomic mass is 19.1. The van der Waals surface area contributed by atoms with Crippen LogP contribution in [0.15, 0.2) is 54.6 Å². The van der Waals surface area contributed by atoms with E-state index < -0.39 is 5.60 Å². The first kappa shape index (κ1) is 17.6. The number of nitrogens with one attached hydrogen (secondary N) is 1. The summed E-state index contributed by atoms with van der Waals surface area (Å²) in [6, 6.07) is 15.9. The average Bonchev–Trinajstić information content (AvgIpc) is 2.99. The summed E-state index contributed by atoms with van der Waals surface area (Å²) in [5.41, 5.74) is 1.01. The molecule has 1 amide bonds. The number of β-amino-alcohol motifs (C(OH)–C–C–N with tert-alkyl or cyclic N) is 1. The maximum absolute atomic E-state index is 12.9. The first-order valence-corrected chi connectivity index (χ1v) is 8.57. The first-order chi connectivity index (χ1) is 12.0. The van der Waals surface area contributed by atoms with Crippen LogP contribution in [-0.2, 0) is 16.8 Å². The second-order valence-corrected chi connectivity index (χ2v) is 6.58. The van der Waals surface area contributed by atoms with Crippen molar-refractivity contribution in [3.63, 3.8) is 0 Å². The molecule has 0 aromatic heterocycles. The van der Waals surface area contributed by atoms with Crippen LogP contribution in [0.2, 0.25) is 0 Å². The Balaban J connectivity index is 1.44. The van der Waals surface area contributed by atoms with Crippen molar-refractivity contribution in [2.24, 2.45) is 0 Å². The maximum atomic E-state index is 12.9. The molecule has 1 saturated heterocycles. The third-order valence-electron chi connectivity index (χ3n) is 4.65. The summed E-state index contributed by atoms with van der Waals surface area (Å²) >= 11 is 0. The first-order valence-electron chi connectivity index (χ1n) is 8.57. The van der Waals surface area contributed by atoms with Gasteiger partial charge in [-0.1, -0.05) is 42.5 Å². The van der Waals surface area contributed by atoms with Crippen molar-refractivity contribution >= 4 is 5.91 Å². The Kier molecular flexibility index (Phi) is 5.46. The zero-order valence-corrected chi connectivity index (χ0v) is 14.1. The second-order valence-electron chi connectivity index (χ2n) is 6.58. The highest BCUT2D eigenvalue weighted by Gasteiger charge is 2.37. The number of hydrogen-bond acceptors (Lipinski definition) is 3. The van der Waals surface area contributed by atoms with E-state index in [0.717, 1.165) is 11.1 Å². The van der Waals surface area contributed by atoms with Crippen molar-refractivity contribution in [3.05, 3.63) is 71.5 Å². The zero-order chi connectivity index (χ0) is 17.7. The van der Waals surface area contributed by atoms with Gasteiger partial charge in [0.2, 0.25) is 5.91 Å². The molecule has 0 aliphatic carbocycles. The number of rotatable bonds is 6. The molecular formula is C20H23FN2O2. The zero-order valence-electron chi connectivity index (χ0n) is 14.1. The fraction of sp³-hybridized carbons (Fsp3) is 0.350. The van der Waals surface area contributed by atoms with Gasteiger partial charge in [-0.15, -0.1) is 0 Å². The van der Waals surface area contributed by atoms with Gasteiger partial charge >= 0.3 is 0 Å². The van der Waals surface area contributed by atoms with Crippen LogP contribution in [0, 0.1) is 5.82 Å². The molecule has 1 aliphatic heterocycles. The second kappa shape index (κ2) is 7.76. The Hall–Kier alpha value is -2.24. The Bertz CT molecular complexity index is 705. The fourth-order valence-corrected chi connectivity index (χ4v) is 3.25. The summed E-state index contributed by atoms with van der Waals surface area (Å²) in [6.45, 7) is 1.94. The summed E-state index contributed by atoms with van der Waals surface area (Å²) in [5.74, 6) is -0.313. The molecule has 0 bridgehead atoms. The maximum Gasteiger partial charge on any atom is 0.234 e. The van der Waals surface area contributed by atoms with Crippen LogP contribution in [0.25, 0.3) is 0 Å². The number of likely N-dealkylation sites (tertiary alicyclic amines) is 1. The van der Waals surface area contributed by atoms with E-state index in [-0.39, 0.29) is 18.3 Å². The minimum Gasteiger partial charge on any atom is -0.384 e. The molecule has 1 heterocycles. The molecule has 5 heteroatoms. The SMILES string of the molecule is O=C(CN1CC[C@](O)(c2ccccc2)C1)NCCc1ccc(F)cc1. The minimum atomic E-state index is -0.879. The van der Waals surface area contributed by atoms with Crippen molar-refractivity contribution < 1.29 is 14.3 Å². The van der Waals surface area contributed by atoms with Crippen LogP contribution in [0.4, 0.5) is 4.39 Å². The highest BCUT2D eigenvalue weighted by Crippen LogP contribution is 2.31. The number of nitrogens with zero attached hydrogens (tertiary/aromatic N) is 1. The van der Waals surface area contributed by atoms with Crippen LogP contribution in [0.1, 0.15) is 17.5 Å². The van der Waals surface area contributed by atoms with Crippen molar-refractivity contribution in [1.82, 2.24) is 10.2 Å². The van der Waals surface area contributed by atoms with E-state index in [1.165, 1.54) is 12.1 Å². The Labute approximate surface area is 147 Å². The molecule has 0 saturated carbocycles. The number of benzene rings is 2. The van der Waals surface area contributed by atoms with E-state index in [9.17, 15) is 14.3 Å². The van der Waals surface area contributed by atoms with Gasteiger partial charge in [0.05, 0.1) is 6.54 Å². The lowest BCUT2D eigenvalue weighted by Gasteiger charge is -2.23. The van der Waals surface area contributed by atoms with Crippen LogP contribution in [0.3, 0.4) is 0 Å². The minimum absolute atomic E-state index is 0.0561.